The molecule has 0 aliphatic carbocycles. The smallest absolute Gasteiger partial charge is 0.323 e. The molecule has 0 aliphatic heterocycles. The molecule has 0 saturated heterocycles. The lowest BCUT2D eigenvalue weighted by Gasteiger charge is -2.09. The number of carboxylic acids is 1. The second kappa shape index (κ2) is 5.81. The molecule has 8 heteroatoms. The van der Waals surface area contributed by atoms with Crippen LogP contribution in [0.5, 0.6) is 0 Å². The molecule has 0 aromatic carbocycles. The van der Waals surface area contributed by atoms with Crippen LogP contribution in [-0.4, -0.2) is 31.3 Å². The van der Waals surface area contributed by atoms with Gasteiger partial charge in [-0.05, 0) is 25.5 Å². The summed E-state index contributed by atoms with van der Waals surface area (Å²) in [6.07, 6.45) is 0.489. The summed E-state index contributed by atoms with van der Waals surface area (Å²) < 4.78 is 25.8. The fourth-order valence-electron chi connectivity index (χ4n) is 1.06. The SMILES string of the molecule is CC(C(=O)O)S(=O)(=O)NCCc1ccc(Cl)s1. The van der Waals surface area contributed by atoms with E-state index in [-0.39, 0.29) is 6.54 Å². The number of carboxylic acid groups (broad SMARTS) is 1. The van der Waals surface area contributed by atoms with Crippen molar-refractivity contribution in [2.75, 3.05) is 6.54 Å². The molecule has 1 unspecified atom stereocenters. The van der Waals surface area contributed by atoms with Gasteiger partial charge in [-0.3, -0.25) is 4.79 Å². The van der Waals surface area contributed by atoms with E-state index < -0.39 is 21.2 Å². The van der Waals surface area contributed by atoms with Gasteiger partial charge in [0.15, 0.2) is 5.25 Å². The summed E-state index contributed by atoms with van der Waals surface area (Å²) in [7, 11) is -3.80. The van der Waals surface area contributed by atoms with Gasteiger partial charge in [0.1, 0.15) is 0 Å². The summed E-state index contributed by atoms with van der Waals surface area (Å²) in [6, 6.07) is 3.54. The van der Waals surface area contributed by atoms with Crippen LogP contribution in [-0.2, 0) is 21.2 Å². The van der Waals surface area contributed by atoms with E-state index in [0.29, 0.717) is 10.8 Å². The molecule has 5 nitrogen and oxygen atoms in total. The van der Waals surface area contributed by atoms with Gasteiger partial charge in [-0.15, -0.1) is 11.3 Å². The largest absolute Gasteiger partial charge is 0.480 e. The second-order valence-corrected chi connectivity index (χ2v) is 7.26. The number of rotatable bonds is 6. The first kappa shape index (κ1) is 14.4. The van der Waals surface area contributed by atoms with Crippen molar-refractivity contribution < 1.29 is 18.3 Å². The highest BCUT2D eigenvalue weighted by atomic mass is 35.5. The monoisotopic (exact) mass is 297 g/mol. The quantitative estimate of drug-likeness (QED) is 0.830. The highest BCUT2D eigenvalue weighted by molar-refractivity contribution is 7.90. The molecule has 0 spiro atoms. The Labute approximate surface area is 108 Å². The van der Waals surface area contributed by atoms with Crippen LogP contribution in [0.25, 0.3) is 0 Å². The summed E-state index contributed by atoms with van der Waals surface area (Å²) in [5.74, 6) is -1.36. The third kappa shape index (κ3) is 4.27. The number of carbonyl (C=O) groups is 1. The van der Waals surface area contributed by atoms with Crippen molar-refractivity contribution in [3.05, 3.63) is 21.3 Å². The Balaban J connectivity index is 2.48. The van der Waals surface area contributed by atoms with Crippen molar-refractivity contribution in [3.63, 3.8) is 0 Å². The maximum absolute atomic E-state index is 11.5. The molecule has 1 rings (SSSR count). The summed E-state index contributed by atoms with van der Waals surface area (Å²) in [4.78, 5) is 11.5. The molecule has 1 aromatic heterocycles. The minimum Gasteiger partial charge on any atom is -0.480 e. The molecule has 0 saturated carbocycles. The summed E-state index contributed by atoms with van der Waals surface area (Å²) >= 11 is 7.09. The van der Waals surface area contributed by atoms with E-state index in [0.717, 1.165) is 11.8 Å². The zero-order valence-corrected chi connectivity index (χ0v) is 11.4. The molecule has 17 heavy (non-hydrogen) atoms. The van der Waals surface area contributed by atoms with E-state index >= 15 is 0 Å². The average Bonchev–Trinajstić information content (AvgIpc) is 2.62. The number of halogens is 1. The minimum absolute atomic E-state index is 0.163. The van der Waals surface area contributed by atoms with Crippen LogP contribution >= 0.6 is 22.9 Å². The standard InChI is InChI=1S/C9H12ClNO4S2/c1-6(9(12)13)17(14,15)11-5-4-7-2-3-8(10)16-7/h2-3,6,11H,4-5H2,1H3,(H,12,13). The van der Waals surface area contributed by atoms with Crippen molar-refractivity contribution in [2.24, 2.45) is 0 Å². The Hall–Kier alpha value is -0.630. The second-order valence-electron chi connectivity index (χ2n) is 3.38. The van der Waals surface area contributed by atoms with Crippen LogP contribution in [0.15, 0.2) is 12.1 Å². The van der Waals surface area contributed by atoms with Crippen molar-refractivity contribution in [2.45, 2.75) is 18.6 Å². The van der Waals surface area contributed by atoms with Crippen LogP contribution in [0.3, 0.4) is 0 Å². The Morgan fingerprint density at radius 1 is 1.59 bits per heavy atom. The Morgan fingerprint density at radius 2 is 2.24 bits per heavy atom. The van der Waals surface area contributed by atoms with Crippen molar-refractivity contribution in [1.29, 1.82) is 0 Å². The number of nitrogens with one attached hydrogen (secondary N) is 1. The maximum atomic E-state index is 11.5. The van der Waals surface area contributed by atoms with Crippen molar-refractivity contribution in [3.8, 4) is 0 Å². The van der Waals surface area contributed by atoms with Gasteiger partial charge in [0, 0.05) is 11.4 Å². The molecule has 0 aliphatic rings. The van der Waals surface area contributed by atoms with E-state index in [9.17, 15) is 13.2 Å². The van der Waals surface area contributed by atoms with Crippen LogP contribution in [0.2, 0.25) is 4.34 Å². The van der Waals surface area contributed by atoms with Gasteiger partial charge in [-0.2, -0.15) is 0 Å². The van der Waals surface area contributed by atoms with Gasteiger partial charge in [0.2, 0.25) is 10.0 Å². The molecular weight excluding hydrogens is 286 g/mol. The zero-order valence-electron chi connectivity index (χ0n) is 9.01. The normalized spacial score (nSPS) is 13.5. The van der Waals surface area contributed by atoms with Gasteiger partial charge in [-0.25, -0.2) is 13.1 Å². The van der Waals surface area contributed by atoms with Crippen LogP contribution in [0, 0.1) is 0 Å². The molecule has 1 atom stereocenters. The predicted octanol–water partition coefficient (Wildman–Crippen LogP) is 1.34. The Bertz CT molecular complexity index is 497. The van der Waals surface area contributed by atoms with Crippen molar-refractivity contribution in [1.82, 2.24) is 4.72 Å². The Morgan fingerprint density at radius 3 is 2.71 bits per heavy atom. The first-order valence-corrected chi connectivity index (χ1v) is 7.52. The lowest BCUT2D eigenvalue weighted by molar-refractivity contribution is -0.136. The summed E-state index contributed by atoms with van der Waals surface area (Å²) in [5, 5.41) is 7.15. The fourth-order valence-corrected chi connectivity index (χ4v) is 3.05. The summed E-state index contributed by atoms with van der Waals surface area (Å²) in [5.41, 5.74) is 0. The van der Waals surface area contributed by atoms with Crippen LogP contribution in [0.4, 0.5) is 0 Å². The molecule has 0 amide bonds. The molecular formula is C9H12ClNO4S2. The third-order valence-electron chi connectivity index (χ3n) is 2.12. The van der Waals surface area contributed by atoms with Crippen molar-refractivity contribution >= 4 is 38.9 Å². The zero-order chi connectivity index (χ0) is 13.1. The number of hydrogen-bond donors (Lipinski definition) is 2. The average molecular weight is 298 g/mol. The van der Waals surface area contributed by atoms with Crippen LogP contribution in [0.1, 0.15) is 11.8 Å². The first-order chi connectivity index (χ1) is 7.83. The molecule has 0 radical (unpaired) electrons. The first-order valence-electron chi connectivity index (χ1n) is 4.78. The van der Waals surface area contributed by atoms with E-state index in [1.165, 1.54) is 11.3 Å². The number of aliphatic carboxylic acids is 1. The van der Waals surface area contributed by atoms with E-state index in [4.69, 9.17) is 16.7 Å². The molecule has 1 aromatic rings. The number of sulfonamides is 1. The lowest BCUT2D eigenvalue weighted by Crippen LogP contribution is -2.38. The topological polar surface area (TPSA) is 83.5 Å². The molecule has 2 N–H and O–H groups in total. The lowest BCUT2D eigenvalue weighted by atomic mass is 10.3. The predicted molar refractivity (Wildman–Crippen MR) is 67.1 cm³/mol. The highest BCUT2D eigenvalue weighted by Gasteiger charge is 2.26. The van der Waals surface area contributed by atoms with E-state index in [1.54, 1.807) is 6.07 Å². The van der Waals surface area contributed by atoms with Crippen LogP contribution < -0.4 is 4.72 Å². The van der Waals surface area contributed by atoms with E-state index in [1.807, 2.05) is 6.07 Å². The molecule has 96 valence electrons. The van der Waals surface area contributed by atoms with Gasteiger partial charge >= 0.3 is 5.97 Å². The van der Waals surface area contributed by atoms with Gasteiger partial charge < -0.3 is 5.11 Å². The third-order valence-corrected chi connectivity index (χ3v) is 5.15. The molecule has 0 bridgehead atoms. The van der Waals surface area contributed by atoms with Gasteiger partial charge in [0.05, 0.1) is 4.34 Å². The number of hydrogen-bond acceptors (Lipinski definition) is 4. The highest BCUT2D eigenvalue weighted by Crippen LogP contribution is 2.21. The van der Waals surface area contributed by atoms with E-state index in [2.05, 4.69) is 4.72 Å². The Kier molecular flexibility index (Phi) is 4.93. The summed E-state index contributed by atoms with van der Waals surface area (Å²) in [6.45, 7) is 1.30. The fraction of sp³-hybridized carbons (Fsp3) is 0.444. The molecule has 1 heterocycles. The van der Waals surface area contributed by atoms with Gasteiger partial charge in [0.25, 0.3) is 0 Å². The number of thiophene rings is 1. The maximum Gasteiger partial charge on any atom is 0.323 e. The molecule has 0 fully saturated rings. The van der Waals surface area contributed by atoms with Gasteiger partial charge in [-0.1, -0.05) is 11.6 Å². The minimum atomic E-state index is -3.80.